The summed E-state index contributed by atoms with van der Waals surface area (Å²) in [5.41, 5.74) is -2.35. The van der Waals surface area contributed by atoms with E-state index in [1.165, 1.54) is 26.4 Å². The largest absolute Gasteiger partial charge is 0.507 e. The van der Waals surface area contributed by atoms with E-state index < -0.39 is 137 Å². The number of ether oxygens (including phenoxy) is 9. The molecular weight excluding hydrogens is 884 g/mol. The number of cyclic esters (lactones) is 1. The number of aliphatic hydroxyl groups is 5. The zero-order valence-electron chi connectivity index (χ0n) is 37.6. The van der Waals surface area contributed by atoms with E-state index in [9.17, 15) is 50.4 Å². The minimum atomic E-state index is -1.80. The highest BCUT2D eigenvalue weighted by Gasteiger charge is 2.47. The van der Waals surface area contributed by atoms with Gasteiger partial charge in [0, 0.05) is 49.5 Å². The van der Waals surface area contributed by atoms with Crippen LogP contribution >= 0.6 is 0 Å². The van der Waals surface area contributed by atoms with Crippen LogP contribution in [0, 0.1) is 0 Å². The number of benzene rings is 3. The van der Waals surface area contributed by atoms with Crippen molar-refractivity contribution in [3.8, 4) is 39.9 Å². The lowest BCUT2D eigenvalue weighted by atomic mass is 9.77. The van der Waals surface area contributed by atoms with Crippen LogP contribution in [-0.2, 0) is 39.6 Å². The van der Waals surface area contributed by atoms with E-state index in [-0.39, 0.29) is 70.6 Å². The minimum Gasteiger partial charge on any atom is -0.507 e. The molecule has 1 aromatic heterocycles. The molecular formula is C47H56O20. The average Bonchev–Trinajstić information content (AvgIpc) is 3.27. The van der Waals surface area contributed by atoms with Gasteiger partial charge in [0.05, 0.1) is 43.7 Å². The smallest absolute Gasteiger partial charge is 0.342 e. The Morgan fingerprint density at radius 3 is 2.01 bits per heavy atom. The Morgan fingerprint density at radius 2 is 1.37 bits per heavy atom. The third-order valence-electron chi connectivity index (χ3n) is 13.6. The second kappa shape index (κ2) is 18.2. The standard InChI is InChI=1S/C47H56O20/c1-7-8-20-11-19-12-21-31(38(53)30(19)47(57)63-20)33-34(41(56)37(21)52)45(59-6)46-35(40(33)55)39(54)32-22(48)9-10-25(44(32)67-46)64-27-13-23(49)42(17(3)61-27)65-28-14-24(50)43(18(4)62-28)66-29-15-26(58-5)36(51)16(2)60-29/h9-10,12,16-18,20,23-24,26-29,36-37,41-43,48-53,55-56H,7-8,11,13-15H2,1-6H3. The highest BCUT2D eigenvalue weighted by molar-refractivity contribution is 6.07. The fourth-order valence-corrected chi connectivity index (χ4v) is 10.3. The molecule has 0 amide bonds. The molecule has 364 valence electrons. The fraction of sp³-hybridized carbons (Fsp3) is 0.574. The van der Waals surface area contributed by atoms with Crippen LogP contribution in [0.5, 0.6) is 28.7 Å². The van der Waals surface area contributed by atoms with Gasteiger partial charge in [-0.25, -0.2) is 4.79 Å². The number of phenols is 3. The topological polar surface area (TPSA) is 292 Å². The first-order chi connectivity index (χ1) is 31.9. The predicted molar refractivity (Wildman–Crippen MR) is 231 cm³/mol. The quantitative estimate of drug-likeness (QED) is 0.0835. The first-order valence-corrected chi connectivity index (χ1v) is 22.5. The van der Waals surface area contributed by atoms with Gasteiger partial charge >= 0.3 is 5.97 Å². The monoisotopic (exact) mass is 940 g/mol. The van der Waals surface area contributed by atoms with Gasteiger partial charge < -0.3 is 87.9 Å². The molecule has 15 unspecified atom stereocenters. The number of aromatic hydroxyl groups is 3. The Morgan fingerprint density at radius 1 is 0.731 bits per heavy atom. The summed E-state index contributed by atoms with van der Waals surface area (Å²) in [6, 6.07) is 3.93. The molecule has 0 spiro atoms. The number of methoxy groups -OCH3 is 2. The van der Waals surface area contributed by atoms with Gasteiger partial charge in [-0.15, -0.1) is 0 Å². The van der Waals surface area contributed by atoms with Crippen LogP contribution in [0.15, 0.2) is 27.4 Å². The van der Waals surface area contributed by atoms with Crippen molar-refractivity contribution in [1.29, 1.82) is 0 Å². The van der Waals surface area contributed by atoms with Gasteiger partial charge in [-0.05, 0) is 50.5 Å². The number of aliphatic hydroxyl groups excluding tert-OH is 5. The number of fused-ring (bicyclic) bond motifs is 6. The Bertz CT molecular complexity index is 2590. The van der Waals surface area contributed by atoms with Crippen molar-refractivity contribution in [2.45, 2.75) is 158 Å². The molecule has 4 aromatic rings. The third kappa shape index (κ3) is 8.04. The van der Waals surface area contributed by atoms with Crippen molar-refractivity contribution in [1.82, 2.24) is 0 Å². The molecule has 4 aliphatic heterocycles. The van der Waals surface area contributed by atoms with E-state index in [1.54, 1.807) is 20.8 Å². The average molecular weight is 941 g/mol. The molecule has 0 saturated carbocycles. The number of hydrogen-bond acceptors (Lipinski definition) is 20. The van der Waals surface area contributed by atoms with E-state index in [4.69, 9.17) is 47.0 Å². The summed E-state index contributed by atoms with van der Waals surface area (Å²) in [4.78, 5) is 27.8. The van der Waals surface area contributed by atoms with Crippen molar-refractivity contribution >= 4 is 27.9 Å². The van der Waals surface area contributed by atoms with E-state index in [0.29, 0.717) is 12.0 Å². The Labute approximate surface area is 383 Å². The maximum Gasteiger partial charge on any atom is 0.342 e. The number of phenolic OH excluding ortho intramolecular Hbond substituents is 3. The normalized spacial score (nSPS) is 34.0. The zero-order valence-corrected chi connectivity index (χ0v) is 37.6. The highest BCUT2D eigenvalue weighted by Crippen LogP contribution is 2.58. The SMILES string of the molecule is CCCC1Cc2cc3c(c(O)c2C(=O)O1)-c1c(c(OC)c2oc4c(OC5CC(O)C(OC6CC(O)C(OC7CC(OC)C(O)C(C)O7)C(C)O6)C(C)O5)ccc(O)c4c(=O)c2c1O)C(O)C3O. The second-order valence-electron chi connectivity index (χ2n) is 18.0. The van der Waals surface area contributed by atoms with E-state index in [2.05, 4.69) is 0 Å². The van der Waals surface area contributed by atoms with Crippen LogP contribution in [0.2, 0.25) is 0 Å². The molecule has 15 atom stereocenters. The lowest BCUT2D eigenvalue weighted by Gasteiger charge is -2.44. The maximum absolute atomic E-state index is 14.5. The lowest BCUT2D eigenvalue weighted by Crippen LogP contribution is -2.56. The predicted octanol–water partition coefficient (Wildman–Crippen LogP) is 3.35. The molecule has 8 N–H and O–H groups in total. The Kier molecular flexibility index (Phi) is 12.9. The summed E-state index contributed by atoms with van der Waals surface area (Å²) in [5, 5.41) is 90.0. The Hall–Kier alpha value is -4.84. The summed E-state index contributed by atoms with van der Waals surface area (Å²) in [7, 11) is 2.68. The van der Waals surface area contributed by atoms with Crippen LogP contribution in [0.1, 0.15) is 99.1 Å². The van der Waals surface area contributed by atoms with E-state index in [0.717, 1.165) is 12.5 Å². The van der Waals surface area contributed by atoms with Crippen molar-refractivity contribution < 1.29 is 92.7 Å². The van der Waals surface area contributed by atoms with Gasteiger partial charge in [0.15, 0.2) is 35.2 Å². The second-order valence-corrected chi connectivity index (χ2v) is 18.0. The van der Waals surface area contributed by atoms with Gasteiger partial charge in [-0.1, -0.05) is 19.4 Å². The van der Waals surface area contributed by atoms with Crippen molar-refractivity contribution in [2.75, 3.05) is 14.2 Å². The first-order valence-electron chi connectivity index (χ1n) is 22.5. The number of carbonyl (C=O) groups is 1. The van der Waals surface area contributed by atoms with Crippen LogP contribution in [0.25, 0.3) is 33.1 Å². The number of hydrogen-bond donors (Lipinski definition) is 8. The summed E-state index contributed by atoms with van der Waals surface area (Å²) in [6.45, 7) is 6.97. The summed E-state index contributed by atoms with van der Waals surface area (Å²) >= 11 is 0. The molecule has 0 bridgehead atoms. The van der Waals surface area contributed by atoms with E-state index >= 15 is 0 Å². The first kappa shape index (κ1) is 47.2. The minimum absolute atomic E-state index is 0.0147. The van der Waals surface area contributed by atoms with Crippen LogP contribution < -0.4 is 14.9 Å². The molecule has 3 fully saturated rings. The van der Waals surface area contributed by atoms with Crippen molar-refractivity contribution in [3.63, 3.8) is 0 Å². The van der Waals surface area contributed by atoms with E-state index in [1.807, 2.05) is 6.92 Å². The molecule has 67 heavy (non-hydrogen) atoms. The number of carbonyl (C=O) groups excluding carboxylic acids is 1. The molecule has 3 aromatic carbocycles. The van der Waals surface area contributed by atoms with Crippen LogP contribution in [-0.4, -0.2) is 141 Å². The molecule has 5 aliphatic rings. The van der Waals surface area contributed by atoms with Crippen molar-refractivity contribution in [2.24, 2.45) is 0 Å². The van der Waals surface area contributed by atoms with Gasteiger partial charge in [0.2, 0.25) is 11.7 Å². The Balaban J connectivity index is 0.978. The zero-order chi connectivity index (χ0) is 47.9. The molecule has 20 heteroatoms. The summed E-state index contributed by atoms with van der Waals surface area (Å²) in [6.07, 6.45) is -12.8. The maximum atomic E-state index is 14.5. The number of rotatable bonds is 10. The van der Waals surface area contributed by atoms with Crippen LogP contribution in [0.3, 0.4) is 0 Å². The van der Waals surface area contributed by atoms with Gasteiger partial charge in [0.1, 0.15) is 70.2 Å². The van der Waals surface area contributed by atoms with Gasteiger partial charge in [-0.3, -0.25) is 4.79 Å². The molecule has 20 nitrogen and oxygen atoms in total. The van der Waals surface area contributed by atoms with Crippen molar-refractivity contribution in [3.05, 3.63) is 50.7 Å². The summed E-state index contributed by atoms with van der Waals surface area (Å²) < 4.78 is 59.4. The van der Waals surface area contributed by atoms with Gasteiger partial charge in [0.25, 0.3) is 0 Å². The molecule has 1 aliphatic carbocycles. The third-order valence-corrected chi connectivity index (χ3v) is 13.6. The fourth-order valence-electron chi connectivity index (χ4n) is 10.3. The summed E-state index contributed by atoms with van der Waals surface area (Å²) in [5.74, 6) is -3.27. The molecule has 5 heterocycles. The van der Waals surface area contributed by atoms with Gasteiger partial charge in [-0.2, -0.15) is 0 Å². The molecule has 3 saturated heterocycles. The molecule has 9 rings (SSSR count). The lowest BCUT2D eigenvalue weighted by molar-refractivity contribution is -0.331. The highest BCUT2D eigenvalue weighted by atomic mass is 16.7. The number of esters is 1. The molecule has 0 radical (unpaired) electrons. The van der Waals surface area contributed by atoms with Crippen LogP contribution in [0.4, 0.5) is 0 Å².